The van der Waals surface area contributed by atoms with Crippen molar-refractivity contribution in [1.29, 1.82) is 0 Å². The van der Waals surface area contributed by atoms with E-state index in [0.29, 0.717) is 13.2 Å². The van der Waals surface area contributed by atoms with Crippen LogP contribution in [0.15, 0.2) is 0 Å². The van der Waals surface area contributed by atoms with Crippen molar-refractivity contribution in [3.8, 4) is 0 Å². The molecule has 0 rings (SSSR count). The summed E-state index contributed by atoms with van der Waals surface area (Å²) in [5, 5.41) is 8.91. The zero-order chi connectivity index (χ0) is 21.1. The van der Waals surface area contributed by atoms with Crippen LogP contribution in [-0.4, -0.2) is 60.5 Å². The number of aliphatic hydroxyl groups excluding tert-OH is 1. The van der Waals surface area contributed by atoms with Crippen LogP contribution in [0.3, 0.4) is 0 Å². The van der Waals surface area contributed by atoms with E-state index in [0.717, 1.165) is 13.0 Å². The summed E-state index contributed by atoms with van der Waals surface area (Å²) in [6.45, 7) is 10.1. The molecule has 0 fully saturated rings. The summed E-state index contributed by atoms with van der Waals surface area (Å²) in [4.78, 5) is 39.5. The highest BCUT2D eigenvalue weighted by Gasteiger charge is 2.03. The molecule has 0 saturated carbocycles. The average Bonchev–Trinajstić information content (AvgIpc) is 2.43. The number of hydrogen-bond acceptors (Lipinski definition) is 7. The molecule has 26 heavy (non-hydrogen) atoms. The predicted molar refractivity (Wildman–Crippen MR) is 97.2 cm³/mol. The van der Waals surface area contributed by atoms with Crippen LogP contribution in [0.2, 0.25) is 0 Å². The third-order valence-electron chi connectivity index (χ3n) is 2.17. The van der Waals surface area contributed by atoms with E-state index in [9.17, 15) is 19.2 Å². The summed E-state index contributed by atoms with van der Waals surface area (Å²) in [5.74, 6) is -1.50. The van der Waals surface area contributed by atoms with Gasteiger partial charge in [-0.15, -0.1) is 0 Å². The zero-order valence-electron chi connectivity index (χ0n) is 16.4. The number of carbonyl (C=O) groups excluding carboxylic acids is 4. The highest BCUT2D eigenvalue weighted by Crippen LogP contribution is 1.94. The number of Topliss-reactive ketones (excluding diaryl/α,β-unsaturated/α-hetero) is 2. The fraction of sp³-hybridized carbons (Fsp3) is 0.765. The average molecular weight is 378 g/mol. The van der Waals surface area contributed by atoms with Gasteiger partial charge in [0.2, 0.25) is 11.8 Å². The van der Waals surface area contributed by atoms with Crippen LogP contribution >= 0.6 is 0 Å². The molecular formula is C17H34N2O7. The second-order valence-electron chi connectivity index (χ2n) is 5.76. The topological polar surface area (TPSA) is 159 Å². The van der Waals surface area contributed by atoms with Gasteiger partial charge in [0.05, 0.1) is 38.3 Å². The van der Waals surface area contributed by atoms with Gasteiger partial charge < -0.3 is 26.0 Å². The molecule has 9 nitrogen and oxygen atoms in total. The number of rotatable bonds is 11. The van der Waals surface area contributed by atoms with Crippen molar-refractivity contribution in [2.75, 3.05) is 19.8 Å². The molecule has 0 aliphatic heterocycles. The lowest BCUT2D eigenvalue weighted by Gasteiger charge is -2.14. The molecule has 0 bridgehead atoms. The summed E-state index contributed by atoms with van der Waals surface area (Å²) in [7, 11) is 0. The SMILES string of the molecule is CC(=O)CC(N)=O.CC(=O)CC(N)=O.CCCOCC(C)OCC(C)O. The molecule has 0 aromatic carbocycles. The monoisotopic (exact) mass is 378 g/mol. The maximum Gasteiger partial charge on any atom is 0.224 e. The smallest absolute Gasteiger partial charge is 0.224 e. The minimum absolute atomic E-state index is 0.0751. The van der Waals surface area contributed by atoms with E-state index in [2.05, 4.69) is 18.4 Å². The van der Waals surface area contributed by atoms with Crippen LogP contribution in [0.25, 0.3) is 0 Å². The number of ether oxygens (including phenoxy) is 2. The molecular weight excluding hydrogens is 344 g/mol. The van der Waals surface area contributed by atoms with E-state index < -0.39 is 17.9 Å². The van der Waals surface area contributed by atoms with E-state index in [1.54, 1.807) is 6.92 Å². The van der Waals surface area contributed by atoms with Gasteiger partial charge in [0, 0.05) is 6.61 Å². The quantitative estimate of drug-likeness (QED) is 0.339. The molecule has 9 heteroatoms. The van der Waals surface area contributed by atoms with Crippen molar-refractivity contribution in [3.63, 3.8) is 0 Å². The maximum atomic E-state index is 9.95. The Labute approximate surface area is 155 Å². The van der Waals surface area contributed by atoms with Crippen molar-refractivity contribution < 1.29 is 33.8 Å². The summed E-state index contributed by atoms with van der Waals surface area (Å²) in [6.07, 6.45) is 0.438. The van der Waals surface area contributed by atoms with Gasteiger partial charge in [-0.2, -0.15) is 0 Å². The Morgan fingerprint density at radius 3 is 1.58 bits per heavy atom. The van der Waals surface area contributed by atoms with Crippen LogP contribution in [0, 0.1) is 0 Å². The van der Waals surface area contributed by atoms with Crippen molar-refractivity contribution >= 4 is 23.4 Å². The Balaban J connectivity index is -0.000000326. The van der Waals surface area contributed by atoms with Gasteiger partial charge in [0.1, 0.15) is 11.6 Å². The standard InChI is InChI=1S/C9H20O3.2C4H7NO2/c1-4-5-11-7-9(3)12-6-8(2)10;2*1-3(6)2-4(5)7/h8-10H,4-7H2,1-3H3;2*2H2,1H3,(H2,5,7). The second-order valence-corrected chi connectivity index (χ2v) is 5.76. The van der Waals surface area contributed by atoms with Gasteiger partial charge >= 0.3 is 0 Å². The van der Waals surface area contributed by atoms with Crippen LogP contribution in [0.5, 0.6) is 0 Å². The van der Waals surface area contributed by atoms with Crippen LogP contribution in [0.4, 0.5) is 0 Å². The van der Waals surface area contributed by atoms with Crippen LogP contribution < -0.4 is 11.5 Å². The minimum atomic E-state index is -0.562. The molecule has 0 aliphatic rings. The molecule has 2 unspecified atom stereocenters. The summed E-state index contributed by atoms with van der Waals surface area (Å²) in [6, 6.07) is 0. The first-order valence-corrected chi connectivity index (χ1v) is 8.35. The number of primary amides is 2. The molecule has 0 saturated heterocycles. The lowest BCUT2D eigenvalue weighted by atomic mass is 10.3. The fourth-order valence-corrected chi connectivity index (χ4v) is 1.24. The highest BCUT2D eigenvalue weighted by molar-refractivity contribution is 5.96. The summed E-state index contributed by atoms with van der Waals surface area (Å²) < 4.78 is 10.5. The second kappa shape index (κ2) is 19.5. The van der Waals surface area contributed by atoms with E-state index in [1.165, 1.54) is 13.8 Å². The number of nitrogens with two attached hydrogens (primary N) is 2. The number of carbonyl (C=O) groups is 4. The van der Waals surface area contributed by atoms with Gasteiger partial charge in [0.15, 0.2) is 0 Å². The Kier molecular flexibility index (Phi) is 21.7. The molecule has 0 spiro atoms. The first-order chi connectivity index (χ1) is 11.9. The molecule has 154 valence electrons. The number of ketones is 2. The van der Waals surface area contributed by atoms with E-state index in [-0.39, 0.29) is 30.5 Å². The highest BCUT2D eigenvalue weighted by atomic mass is 16.5. The first-order valence-electron chi connectivity index (χ1n) is 8.35. The van der Waals surface area contributed by atoms with E-state index in [4.69, 9.17) is 14.6 Å². The van der Waals surface area contributed by atoms with Crippen molar-refractivity contribution in [1.82, 2.24) is 0 Å². The summed E-state index contributed by atoms with van der Waals surface area (Å²) >= 11 is 0. The normalized spacial score (nSPS) is 11.8. The number of amides is 2. The lowest BCUT2D eigenvalue weighted by Crippen LogP contribution is -2.21. The largest absolute Gasteiger partial charge is 0.391 e. The molecule has 0 aliphatic carbocycles. The Morgan fingerprint density at radius 1 is 0.923 bits per heavy atom. The number of aliphatic hydroxyl groups is 1. The van der Waals surface area contributed by atoms with Crippen LogP contribution in [0.1, 0.15) is 53.9 Å². The van der Waals surface area contributed by atoms with Crippen molar-refractivity contribution in [3.05, 3.63) is 0 Å². The molecule has 0 aromatic rings. The van der Waals surface area contributed by atoms with Gasteiger partial charge in [-0.1, -0.05) is 6.92 Å². The Morgan fingerprint density at radius 2 is 1.35 bits per heavy atom. The Hall–Kier alpha value is -1.84. The summed E-state index contributed by atoms with van der Waals surface area (Å²) in [5.41, 5.74) is 9.27. The molecule has 0 radical (unpaired) electrons. The third-order valence-corrected chi connectivity index (χ3v) is 2.17. The van der Waals surface area contributed by atoms with Crippen LogP contribution in [-0.2, 0) is 28.7 Å². The molecule has 2 atom stereocenters. The third kappa shape index (κ3) is 38.0. The van der Waals surface area contributed by atoms with Crippen molar-refractivity contribution in [2.24, 2.45) is 11.5 Å². The van der Waals surface area contributed by atoms with Crippen molar-refractivity contribution in [2.45, 2.75) is 66.1 Å². The zero-order valence-corrected chi connectivity index (χ0v) is 16.4. The van der Waals surface area contributed by atoms with E-state index >= 15 is 0 Å². The predicted octanol–water partition coefficient (Wildman–Crippen LogP) is 0.101. The first kappa shape index (κ1) is 28.9. The number of hydrogen-bond donors (Lipinski definition) is 3. The van der Waals surface area contributed by atoms with Gasteiger partial charge in [0.25, 0.3) is 0 Å². The molecule has 0 heterocycles. The minimum Gasteiger partial charge on any atom is -0.391 e. The molecule has 2 amide bonds. The lowest BCUT2D eigenvalue weighted by molar-refractivity contribution is -0.126. The van der Waals surface area contributed by atoms with Gasteiger partial charge in [-0.3, -0.25) is 19.2 Å². The Bertz CT molecular complexity index is 362. The molecule has 5 N–H and O–H groups in total. The van der Waals surface area contributed by atoms with E-state index in [1.807, 2.05) is 6.92 Å². The fourth-order valence-electron chi connectivity index (χ4n) is 1.24. The molecule has 0 aromatic heterocycles. The maximum absolute atomic E-state index is 9.95. The van der Waals surface area contributed by atoms with Gasteiger partial charge in [-0.25, -0.2) is 0 Å². The van der Waals surface area contributed by atoms with Gasteiger partial charge in [-0.05, 0) is 34.1 Å².